The van der Waals surface area contributed by atoms with Crippen LogP contribution in [0.4, 0.5) is 5.69 Å². The van der Waals surface area contributed by atoms with Crippen LogP contribution in [-0.2, 0) is 0 Å². The molecule has 0 amide bonds. The number of rotatable bonds is 3. The third-order valence-corrected chi connectivity index (χ3v) is 7.20. The topological polar surface area (TPSA) is 74.0 Å². The van der Waals surface area contributed by atoms with Gasteiger partial charge in [-0.2, -0.15) is 9.57 Å². The number of benzene rings is 2. The highest BCUT2D eigenvalue weighted by atomic mass is 32.3. The molecule has 0 unspecified atom stereocenters. The third-order valence-electron chi connectivity index (χ3n) is 5.11. The first-order valence-corrected chi connectivity index (χ1v) is 10.2. The number of hydrogen-bond donors (Lipinski definition) is 2. The summed E-state index contributed by atoms with van der Waals surface area (Å²) in [6, 6.07) is 18.0. The number of hydrogen-bond acceptors (Lipinski definition) is 6. The van der Waals surface area contributed by atoms with Crippen molar-refractivity contribution in [3.63, 3.8) is 0 Å². The number of anilines is 1. The maximum Gasteiger partial charge on any atom is 0.179 e. The lowest BCUT2D eigenvalue weighted by molar-refractivity contribution is 0.310. The summed E-state index contributed by atoms with van der Waals surface area (Å²) >= 11 is 0. The number of nitrogens with zero attached hydrogens (tertiary/aromatic N) is 4. The maximum atomic E-state index is 10.9. The van der Waals surface area contributed by atoms with Gasteiger partial charge >= 0.3 is 0 Å². The molecule has 2 aromatic rings. The average Bonchev–Trinajstić information content (AvgIpc) is 3.26. The smallest absolute Gasteiger partial charge is 0.179 e. The van der Waals surface area contributed by atoms with Crippen molar-refractivity contribution in [2.45, 2.75) is 12.5 Å². The zero-order chi connectivity index (χ0) is 18.1. The van der Waals surface area contributed by atoms with Crippen LogP contribution in [0.25, 0.3) is 11.1 Å². The van der Waals surface area contributed by atoms with Gasteiger partial charge in [0.1, 0.15) is 0 Å². The van der Waals surface area contributed by atoms with Crippen molar-refractivity contribution in [1.29, 1.82) is 5.26 Å². The minimum absolute atomic E-state index is 0.00763. The van der Waals surface area contributed by atoms with Gasteiger partial charge in [0.05, 0.1) is 18.3 Å². The largest absolute Gasteiger partial charge is 0.309 e. The second-order valence-corrected chi connectivity index (χ2v) is 8.52. The van der Waals surface area contributed by atoms with Crippen LogP contribution in [0.2, 0.25) is 0 Å². The summed E-state index contributed by atoms with van der Waals surface area (Å²) in [4.78, 5) is 1.68. The van der Waals surface area contributed by atoms with Crippen molar-refractivity contribution < 1.29 is 9.11 Å². The predicted molar refractivity (Wildman–Crippen MR) is 104 cm³/mol. The first-order chi connectivity index (χ1) is 12.6. The Balaban J connectivity index is 1.52. The summed E-state index contributed by atoms with van der Waals surface area (Å²) < 4.78 is 25.2. The second kappa shape index (κ2) is 6.82. The Hall–Kier alpha value is -2.24. The van der Waals surface area contributed by atoms with Gasteiger partial charge in [0.15, 0.2) is 6.19 Å². The van der Waals surface area contributed by atoms with Crippen LogP contribution in [-0.4, -0.2) is 50.5 Å². The molecule has 0 bridgehead atoms. The molecule has 2 saturated heterocycles. The minimum atomic E-state index is -3.04. The van der Waals surface area contributed by atoms with Gasteiger partial charge in [-0.05, 0) is 29.7 Å². The molecule has 2 aliphatic rings. The van der Waals surface area contributed by atoms with Gasteiger partial charge in [-0.25, -0.2) is 0 Å². The van der Waals surface area contributed by atoms with Gasteiger partial charge in [0.25, 0.3) is 0 Å². The zero-order valence-corrected chi connectivity index (χ0v) is 15.2. The van der Waals surface area contributed by atoms with Gasteiger partial charge in [0.2, 0.25) is 0 Å². The number of nitriles is 1. The zero-order valence-electron chi connectivity index (χ0n) is 14.4. The first-order valence-electron chi connectivity index (χ1n) is 8.72. The normalized spacial score (nSPS) is 23.8. The molecule has 0 aromatic heterocycles. The van der Waals surface area contributed by atoms with Gasteiger partial charge in [0, 0.05) is 19.6 Å². The molecule has 136 valence electrons. The summed E-state index contributed by atoms with van der Waals surface area (Å²) in [6.07, 6.45) is 2.93. The predicted octanol–water partition coefficient (Wildman–Crippen LogP) is 3.61. The Labute approximate surface area is 155 Å². The van der Waals surface area contributed by atoms with Crippen molar-refractivity contribution in [2.75, 3.05) is 30.5 Å². The lowest BCUT2D eigenvalue weighted by atomic mass is 10.1. The van der Waals surface area contributed by atoms with E-state index in [0.717, 1.165) is 23.2 Å². The van der Waals surface area contributed by atoms with Gasteiger partial charge in [-0.15, -0.1) is 0 Å². The van der Waals surface area contributed by atoms with E-state index >= 15 is 0 Å². The molecule has 6 nitrogen and oxygen atoms in total. The fourth-order valence-electron chi connectivity index (χ4n) is 3.73. The highest BCUT2D eigenvalue weighted by Gasteiger charge is 2.43. The van der Waals surface area contributed by atoms with Crippen LogP contribution < -0.4 is 4.31 Å². The molecule has 2 fully saturated rings. The number of likely N-dealkylation sites (tertiary alicyclic amines) is 1. The van der Waals surface area contributed by atoms with Gasteiger partial charge < -0.3 is 4.90 Å². The molecule has 2 heterocycles. The van der Waals surface area contributed by atoms with Crippen LogP contribution in [0.3, 0.4) is 0 Å². The van der Waals surface area contributed by atoms with E-state index in [9.17, 15) is 9.11 Å². The lowest BCUT2D eigenvalue weighted by Gasteiger charge is -2.45. The van der Waals surface area contributed by atoms with Crippen LogP contribution in [0, 0.1) is 11.5 Å². The molecule has 1 atom stereocenters. The van der Waals surface area contributed by atoms with Crippen LogP contribution >= 0.6 is 11.0 Å². The minimum Gasteiger partial charge on any atom is -0.309 e. The molecular formula is C19H22N4O2S. The van der Waals surface area contributed by atoms with Crippen molar-refractivity contribution >= 4 is 16.6 Å². The van der Waals surface area contributed by atoms with E-state index in [1.165, 1.54) is 0 Å². The molecule has 2 aliphatic heterocycles. The second-order valence-electron chi connectivity index (χ2n) is 6.63. The molecule has 0 spiro atoms. The van der Waals surface area contributed by atoms with E-state index in [1.54, 1.807) is 13.5 Å². The van der Waals surface area contributed by atoms with Crippen LogP contribution in [0.5, 0.6) is 0 Å². The molecule has 7 heteroatoms. The Kier molecular flexibility index (Phi) is 4.51. The summed E-state index contributed by atoms with van der Waals surface area (Å²) in [5.74, 6) is 0. The highest BCUT2D eigenvalue weighted by Crippen LogP contribution is 2.55. The summed E-state index contributed by atoms with van der Waals surface area (Å²) in [5.41, 5.74) is 3.04. The molecule has 0 saturated carbocycles. The van der Waals surface area contributed by atoms with E-state index in [1.807, 2.05) is 42.5 Å². The maximum absolute atomic E-state index is 10.9. The van der Waals surface area contributed by atoms with E-state index in [4.69, 9.17) is 5.26 Å². The molecule has 0 aliphatic carbocycles. The first kappa shape index (κ1) is 17.2. The Bertz CT molecular complexity index is 807. The standard InChI is InChI=1S/C19H22N4O2S/c20-15-21-11-10-19(14-21)23-13-12-22(26(23,24)25)18-8-6-17(7-9-18)16-4-2-1-3-5-16/h1-9,19,24-25H,10-14H2/t19-/m1/s1. The van der Waals surface area contributed by atoms with Gasteiger partial charge in [-0.1, -0.05) is 53.4 Å². The molecule has 26 heavy (non-hydrogen) atoms. The van der Waals surface area contributed by atoms with Crippen LogP contribution in [0.15, 0.2) is 54.6 Å². The third kappa shape index (κ3) is 3.02. The van der Waals surface area contributed by atoms with Crippen molar-refractivity contribution in [2.24, 2.45) is 0 Å². The molecule has 4 rings (SSSR count). The van der Waals surface area contributed by atoms with Crippen LogP contribution in [0.1, 0.15) is 6.42 Å². The lowest BCUT2D eigenvalue weighted by Crippen LogP contribution is -2.38. The Morgan fingerprint density at radius 1 is 0.923 bits per heavy atom. The summed E-state index contributed by atoms with van der Waals surface area (Å²) in [6.45, 7) is 2.40. The Morgan fingerprint density at radius 2 is 1.62 bits per heavy atom. The van der Waals surface area contributed by atoms with E-state index in [-0.39, 0.29) is 6.04 Å². The fraction of sp³-hybridized carbons (Fsp3) is 0.316. The molecule has 2 aromatic carbocycles. The van der Waals surface area contributed by atoms with E-state index in [2.05, 4.69) is 18.3 Å². The van der Waals surface area contributed by atoms with Crippen molar-refractivity contribution in [3.05, 3.63) is 54.6 Å². The molecule has 2 N–H and O–H groups in total. The van der Waals surface area contributed by atoms with Crippen molar-refractivity contribution in [3.8, 4) is 17.3 Å². The molecular weight excluding hydrogens is 348 g/mol. The average molecular weight is 370 g/mol. The Morgan fingerprint density at radius 3 is 2.27 bits per heavy atom. The van der Waals surface area contributed by atoms with Gasteiger partial charge in [-0.3, -0.25) is 13.4 Å². The SMILES string of the molecule is N#CN1CC[C@@H](N2CCN(c3ccc(-c4ccccc4)cc3)S2(O)O)C1. The van der Waals surface area contributed by atoms with E-state index < -0.39 is 11.0 Å². The fourth-order valence-corrected chi connectivity index (χ4v) is 5.62. The monoisotopic (exact) mass is 370 g/mol. The quantitative estimate of drug-likeness (QED) is 0.804. The summed E-state index contributed by atoms with van der Waals surface area (Å²) in [5, 5.41) is 9.04. The summed E-state index contributed by atoms with van der Waals surface area (Å²) in [7, 11) is -3.04. The van der Waals surface area contributed by atoms with Crippen molar-refractivity contribution in [1.82, 2.24) is 9.21 Å². The highest BCUT2D eigenvalue weighted by molar-refractivity contribution is 8.23. The molecule has 0 radical (unpaired) electrons. The van der Waals surface area contributed by atoms with E-state index in [0.29, 0.717) is 26.2 Å².